The van der Waals surface area contributed by atoms with Gasteiger partial charge in [-0.3, -0.25) is 9.59 Å². The predicted octanol–water partition coefficient (Wildman–Crippen LogP) is 0.156. The van der Waals surface area contributed by atoms with Crippen LogP contribution in [-0.2, 0) is 4.79 Å². The van der Waals surface area contributed by atoms with Crippen LogP contribution in [0.1, 0.15) is 10.4 Å². The van der Waals surface area contributed by atoms with Crippen molar-refractivity contribution in [3.63, 3.8) is 0 Å². The lowest BCUT2D eigenvalue weighted by Gasteiger charge is -2.26. The van der Waals surface area contributed by atoms with E-state index < -0.39 is 17.5 Å². The van der Waals surface area contributed by atoms with Crippen LogP contribution in [0.5, 0.6) is 0 Å². The number of benzene rings is 1. The summed E-state index contributed by atoms with van der Waals surface area (Å²) in [5.74, 6) is -5.26. The van der Waals surface area contributed by atoms with Gasteiger partial charge in [-0.15, -0.1) is 0 Å². The average molecular weight is 228 g/mol. The molecule has 0 fully saturated rings. The van der Waals surface area contributed by atoms with E-state index in [4.69, 9.17) is 11.6 Å². The van der Waals surface area contributed by atoms with E-state index in [1.54, 1.807) is 0 Å². The number of halogens is 1. The van der Waals surface area contributed by atoms with E-state index >= 15 is 0 Å². The third-order valence-corrected chi connectivity index (χ3v) is 2.34. The number of carbonyl (C=O) groups is 2. The number of anilines is 1. The van der Waals surface area contributed by atoms with Crippen LogP contribution < -0.4 is 5.32 Å². The second-order valence-electron chi connectivity index (χ2n) is 3.15. The molecule has 1 aromatic carbocycles. The van der Waals surface area contributed by atoms with E-state index in [1.165, 1.54) is 18.2 Å². The Morgan fingerprint density at radius 2 is 1.93 bits per heavy atom. The molecule has 0 aliphatic carbocycles. The molecule has 0 unspecified atom stereocenters. The van der Waals surface area contributed by atoms with Crippen LogP contribution in [0.25, 0.3) is 0 Å². The standard InChI is InChI=1S/C9H6ClNO4/c10-4-1-2-6-5(3-4)7(12)9(14,15)8(13)11-6/h1-3,14-15H,(H,11,13). The van der Waals surface area contributed by atoms with Gasteiger partial charge in [0.1, 0.15) is 0 Å². The lowest BCUT2D eigenvalue weighted by molar-refractivity contribution is -0.162. The Morgan fingerprint density at radius 1 is 1.27 bits per heavy atom. The van der Waals surface area contributed by atoms with Crippen LogP contribution in [0.3, 0.4) is 0 Å². The van der Waals surface area contributed by atoms with Gasteiger partial charge in [0.2, 0.25) is 5.78 Å². The molecule has 0 atom stereocenters. The summed E-state index contributed by atoms with van der Waals surface area (Å²) >= 11 is 5.64. The molecule has 0 spiro atoms. The number of nitrogens with one attached hydrogen (secondary N) is 1. The molecule has 0 bridgehead atoms. The van der Waals surface area contributed by atoms with Gasteiger partial charge in [-0.1, -0.05) is 11.6 Å². The minimum Gasteiger partial charge on any atom is -0.352 e. The van der Waals surface area contributed by atoms with Crippen molar-refractivity contribution in [2.45, 2.75) is 5.79 Å². The molecule has 0 aromatic heterocycles. The monoisotopic (exact) mass is 227 g/mol. The van der Waals surface area contributed by atoms with E-state index in [-0.39, 0.29) is 16.3 Å². The number of aliphatic hydroxyl groups is 2. The highest BCUT2D eigenvalue weighted by molar-refractivity contribution is 6.32. The van der Waals surface area contributed by atoms with Gasteiger partial charge in [0.05, 0.1) is 5.69 Å². The van der Waals surface area contributed by atoms with Gasteiger partial charge in [-0.25, -0.2) is 0 Å². The first-order valence-corrected chi connectivity index (χ1v) is 4.41. The Balaban J connectivity index is 2.62. The Labute approximate surface area is 89.3 Å². The SMILES string of the molecule is O=C1Nc2ccc(Cl)cc2C(=O)C1(O)O. The molecule has 1 heterocycles. The number of ketones is 1. The topological polar surface area (TPSA) is 86.6 Å². The first-order chi connectivity index (χ1) is 6.93. The smallest absolute Gasteiger partial charge is 0.311 e. The summed E-state index contributed by atoms with van der Waals surface area (Å²) in [5, 5.41) is 20.9. The molecule has 1 aromatic rings. The first kappa shape index (κ1) is 10.1. The van der Waals surface area contributed by atoms with Crippen molar-refractivity contribution in [3.05, 3.63) is 28.8 Å². The lowest BCUT2D eigenvalue weighted by atomic mass is 9.97. The van der Waals surface area contributed by atoms with Gasteiger partial charge in [-0.05, 0) is 18.2 Å². The van der Waals surface area contributed by atoms with E-state index in [0.29, 0.717) is 0 Å². The van der Waals surface area contributed by atoms with Gasteiger partial charge >= 0.3 is 5.79 Å². The highest BCUT2D eigenvalue weighted by atomic mass is 35.5. The fourth-order valence-corrected chi connectivity index (χ4v) is 1.49. The Kier molecular flexibility index (Phi) is 2.04. The molecular formula is C9H6ClNO4. The normalized spacial score (nSPS) is 18.3. The summed E-state index contributed by atoms with van der Waals surface area (Å²) in [6.07, 6.45) is 0. The fourth-order valence-electron chi connectivity index (χ4n) is 1.31. The Bertz CT molecular complexity index is 469. The van der Waals surface area contributed by atoms with Crippen LogP contribution in [0, 0.1) is 0 Å². The zero-order chi connectivity index (χ0) is 11.2. The van der Waals surface area contributed by atoms with Crippen molar-refractivity contribution in [1.82, 2.24) is 0 Å². The average Bonchev–Trinajstić information content (AvgIpc) is 2.17. The molecule has 1 aliphatic rings. The van der Waals surface area contributed by atoms with E-state index in [2.05, 4.69) is 5.32 Å². The summed E-state index contributed by atoms with van der Waals surface area (Å²) in [4.78, 5) is 22.6. The molecule has 2 rings (SSSR count). The third-order valence-electron chi connectivity index (χ3n) is 2.11. The maximum absolute atomic E-state index is 11.5. The predicted molar refractivity (Wildman–Crippen MR) is 51.6 cm³/mol. The zero-order valence-electron chi connectivity index (χ0n) is 7.32. The highest BCUT2D eigenvalue weighted by Crippen LogP contribution is 2.28. The zero-order valence-corrected chi connectivity index (χ0v) is 8.08. The van der Waals surface area contributed by atoms with Gasteiger partial charge in [0.15, 0.2) is 0 Å². The molecule has 1 amide bonds. The van der Waals surface area contributed by atoms with Crippen molar-refractivity contribution < 1.29 is 19.8 Å². The lowest BCUT2D eigenvalue weighted by Crippen LogP contribution is -2.53. The van der Waals surface area contributed by atoms with Gasteiger partial charge in [-0.2, -0.15) is 0 Å². The Morgan fingerprint density at radius 3 is 2.60 bits per heavy atom. The molecule has 0 radical (unpaired) electrons. The second-order valence-corrected chi connectivity index (χ2v) is 3.58. The minimum absolute atomic E-state index is 0.0212. The first-order valence-electron chi connectivity index (χ1n) is 4.03. The number of amides is 1. The number of Topliss-reactive ketones (excluding diaryl/α,β-unsaturated/α-hetero) is 1. The van der Waals surface area contributed by atoms with Crippen molar-refractivity contribution in [2.75, 3.05) is 5.32 Å². The summed E-state index contributed by atoms with van der Waals surface area (Å²) < 4.78 is 0. The fraction of sp³-hybridized carbons (Fsp3) is 0.111. The maximum Gasteiger partial charge on any atom is 0.311 e. The van der Waals surface area contributed by atoms with Crippen molar-refractivity contribution >= 4 is 29.0 Å². The van der Waals surface area contributed by atoms with Gasteiger partial charge in [0, 0.05) is 10.6 Å². The number of rotatable bonds is 0. The third kappa shape index (κ3) is 1.41. The summed E-state index contributed by atoms with van der Waals surface area (Å²) in [6.45, 7) is 0. The van der Waals surface area contributed by atoms with Crippen molar-refractivity contribution in [1.29, 1.82) is 0 Å². The van der Waals surface area contributed by atoms with E-state index in [0.717, 1.165) is 0 Å². The number of hydrogen-bond acceptors (Lipinski definition) is 4. The minimum atomic E-state index is -3.02. The maximum atomic E-state index is 11.5. The number of carbonyl (C=O) groups excluding carboxylic acids is 2. The van der Waals surface area contributed by atoms with E-state index in [1.807, 2.05) is 0 Å². The van der Waals surface area contributed by atoms with Crippen molar-refractivity contribution in [3.8, 4) is 0 Å². The largest absolute Gasteiger partial charge is 0.352 e. The second kappa shape index (κ2) is 3.03. The van der Waals surface area contributed by atoms with Crippen LogP contribution in [0.2, 0.25) is 5.02 Å². The summed E-state index contributed by atoms with van der Waals surface area (Å²) in [7, 11) is 0. The van der Waals surface area contributed by atoms with Gasteiger partial charge < -0.3 is 15.5 Å². The molecule has 0 saturated carbocycles. The van der Waals surface area contributed by atoms with Crippen molar-refractivity contribution in [2.24, 2.45) is 0 Å². The highest BCUT2D eigenvalue weighted by Gasteiger charge is 2.47. The number of fused-ring (bicyclic) bond motifs is 1. The van der Waals surface area contributed by atoms with E-state index in [9.17, 15) is 19.8 Å². The van der Waals surface area contributed by atoms with Crippen LogP contribution >= 0.6 is 11.6 Å². The Hall–Kier alpha value is -1.43. The molecule has 1 aliphatic heterocycles. The van der Waals surface area contributed by atoms with Crippen LogP contribution in [-0.4, -0.2) is 27.7 Å². The molecule has 0 saturated heterocycles. The van der Waals surface area contributed by atoms with Crippen LogP contribution in [0.4, 0.5) is 5.69 Å². The van der Waals surface area contributed by atoms with Gasteiger partial charge in [0.25, 0.3) is 5.91 Å². The number of hydrogen-bond donors (Lipinski definition) is 3. The van der Waals surface area contributed by atoms with Crippen LogP contribution in [0.15, 0.2) is 18.2 Å². The molecule has 78 valence electrons. The summed E-state index contributed by atoms with van der Waals surface area (Å²) in [5.41, 5.74) is 0.195. The molecule has 15 heavy (non-hydrogen) atoms. The summed E-state index contributed by atoms with van der Waals surface area (Å²) in [6, 6.07) is 4.16. The molecule has 6 heteroatoms. The quantitative estimate of drug-likeness (QED) is 0.435. The molecular weight excluding hydrogens is 222 g/mol. The molecule has 3 N–H and O–H groups in total. The molecule has 5 nitrogen and oxygen atoms in total.